The molecule has 0 spiro atoms. The Balaban J connectivity index is 1.52. The van der Waals surface area contributed by atoms with Gasteiger partial charge >= 0.3 is 5.97 Å². The van der Waals surface area contributed by atoms with Crippen LogP contribution in [0.1, 0.15) is 83.4 Å². The number of fused-ring (bicyclic) bond motifs is 2. The minimum atomic E-state index is -0.379. The Kier molecular flexibility index (Phi) is 7.57. The Morgan fingerprint density at radius 1 is 1.23 bits per heavy atom. The van der Waals surface area contributed by atoms with Crippen molar-refractivity contribution in [3.05, 3.63) is 63.7 Å². The largest absolute Gasteiger partial charge is 0.462 e. The first-order valence-electron chi connectivity index (χ1n) is 12.3. The summed E-state index contributed by atoms with van der Waals surface area (Å²) in [5.74, 6) is 0.0626. The lowest BCUT2D eigenvalue weighted by molar-refractivity contribution is 0.0526. The normalized spacial score (nSPS) is 16.5. The van der Waals surface area contributed by atoms with Crippen molar-refractivity contribution in [2.24, 2.45) is 11.3 Å². The van der Waals surface area contributed by atoms with Gasteiger partial charge in [0.15, 0.2) is 0 Å². The first-order valence-corrected chi connectivity index (χ1v) is 13.1. The Morgan fingerprint density at radius 3 is 2.63 bits per heavy atom. The van der Waals surface area contributed by atoms with E-state index >= 15 is 0 Å². The van der Waals surface area contributed by atoms with Gasteiger partial charge in [-0.05, 0) is 79.3 Å². The van der Waals surface area contributed by atoms with Crippen LogP contribution in [-0.2, 0) is 17.6 Å². The van der Waals surface area contributed by atoms with Crippen LogP contribution in [0.15, 0.2) is 36.4 Å². The fourth-order valence-corrected chi connectivity index (χ4v) is 5.66. The highest BCUT2D eigenvalue weighted by atomic mass is 32.1. The summed E-state index contributed by atoms with van der Waals surface area (Å²) in [6.07, 6.45) is 3.52. The minimum absolute atomic E-state index is 0.0692. The number of aromatic nitrogens is 1. The van der Waals surface area contributed by atoms with E-state index in [1.54, 1.807) is 31.2 Å². The predicted octanol–water partition coefficient (Wildman–Crippen LogP) is 5.48. The van der Waals surface area contributed by atoms with Gasteiger partial charge in [-0.25, -0.2) is 9.78 Å². The van der Waals surface area contributed by atoms with E-state index < -0.39 is 0 Å². The van der Waals surface area contributed by atoms with Crippen molar-refractivity contribution in [3.8, 4) is 0 Å². The van der Waals surface area contributed by atoms with Gasteiger partial charge in [-0.2, -0.15) is 0 Å². The molecule has 2 heterocycles. The molecule has 1 aliphatic rings. The molecule has 0 fully saturated rings. The maximum absolute atomic E-state index is 13.2. The topological polar surface area (TPSA) is 88.5 Å². The van der Waals surface area contributed by atoms with E-state index in [4.69, 9.17) is 9.72 Å². The molecule has 186 valence electrons. The number of aryl methyl sites for hydroxylation is 1. The molecule has 35 heavy (non-hydrogen) atoms. The molecule has 1 aromatic carbocycles. The van der Waals surface area contributed by atoms with Crippen LogP contribution in [0.5, 0.6) is 0 Å². The summed E-state index contributed by atoms with van der Waals surface area (Å²) in [5.41, 5.74) is 4.00. The van der Waals surface area contributed by atoms with E-state index in [9.17, 15) is 14.7 Å². The molecule has 1 unspecified atom stereocenters. The molecular weight excluding hydrogens is 460 g/mol. The van der Waals surface area contributed by atoms with E-state index in [0.29, 0.717) is 29.4 Å². The number of rotatable bonds is 7. The highest BCUT2D eigenvalue weighted by molar-refractivity contribution is 7.20. The molecule has 4 rings (SSSR count). The number of amides is 1. The van der Waals surface area contributed by atoms with Crippen LogP contribution in [0, 0.1) is 11.3 Å². The number of esters is 1. The smallest absolute Gasteiger partial charge is 0.338 e. The van der Waals surface area contributed by atoms with Crippen molar-refractivity contribution in [2.75, 3.05) is 13.2 Å². The van der Waals surface area contributed by atoms with Crippen molar-refractivity contribution in [2.45, 2.75) is 59.4 Å². The number of ether oxygens (including phenoxy) is 1. The molecule has 0 saturated heterocycles. The summed E-state index contributed by atoms with van der Waals surface area (Å²) in [4.78, 5) is 31.5. The van der Waals surface area contributed by atoms with Crippen LogP contribution in [0.2, 0.25) is 0 Å². The van der Waals surface area contributed by atoms with Crippen LogP contribution < -0.4 is 5.32 Å². The van der Waals surface area contributed by atoms with Gasteiger partial charge in [-0.3, -0.25) is 4.79 Å². The molecule has 7 heteroatoms. The van der Waals surface area contributed by atoms with Crippen molar-refractivity contribution in [3.63, 3.8) is 0 Å². The van der Waals surface area contributed by atoms with Gasteiger partial charge in [0.1, 0.15) is 4.83 Å². The molecule has 0 bridgehead atoms. The SMILES string of the molecule is CCOC(=O)c1ccc([C@@H](CCO)NC(=O)c2cc3cc4c(nc3s2)CCC(C(C)(C)C)C4)cc1. The van der Waals surface area contributed by atoms with E-state index in [-0.39, 0.29) is 29.9 Å². The molecule has 0 aliphatic heterocycles. The summed E-state index contributed by atoms with van der Waals surface area (Å²) in [6.45, 7) is 8.91. The molecule has 0 radical (unpaired) electrons. The third-order valence-corrected chi connectivity index (χ3v) is 7.91. The van der Waals surface area contributed by atoms with Gasteiger partial charge in [-0.15, -0.1) is 11.3 Å². The Hall–Kier alpha value is -2.77. The monoisotopic (exact) mass is 494 g/mol. The van der Waals surface area contributed by atoms with Crippen molar-refractivity contribution >= 4 is 33.4 Å². The molecule has 3 aromatic rings. The Labute approximate surface area is 210 Å². The number of nitrogens with one attached hydrogen (secondary N) is 1. The average molecular weight is 495 g/mol. The van der Waals surface area contributed by atoms with Gasteiger partial charge in [0.2, 0.25) is 0 Å². The maximum atomic E-state index is 13.2. The van der Waals surface area contributed by atoms with Crippen LogP contribution >= 0.6 is 11.3 Å². The second-order valence-electron chi connectivity index (χ2n) is 10.3. The zero-order chi connectivity index (χ0) is 25.2. The fraction of sp³-hybridized carbons (Fsp3) is 0.464. The number of hydrogen-bond acceptors (Lipinski definition) is 6. The van der Waals surface area contributed by atoms with Gasteiger partial charge in [0.05, 0.1) is 23.1 Å². The zero-order valence-electron chi connectivity index (χ0n) is 20.9. The van der Waals surface area contributed by atoms with Crippen molar-refractivity contribution in [1.82, 2.24) is 10.3 Å². The van der Waals surface area contributed by atoms with E-state index in [1.165, 1.54) is 16.9 Å². The number of benzene rings is 1. The molecule has 0 saturated carbocycles. The molecule has 1 amide bonds. The summed E-state index contributed by atoms with van der Waals surface area (Å²) in [7, 11) is 0. The minimum Gasteiger partial charge on any atom is -0.462 e. The molecule has 6 nitrogen and oxygen atoms in total. The van der Waals surface area contributed by atoms with Crippen LogP contribution in [-0.4, -0.2) is 35.2 Å². The van der Waals surface area contributed by atoms with E-state index in [0.717, 1.165) is 40.7 Å². The van der Waals surface area contributed by atoms with Crippen LogP contribution in [0.4, 0.5) is 0 Å². The van der Waals surface area contributed by atoms with Crippen molar-refractivity contribution < 1.29 is 19.4 Å². The van der Waals surface area contributed by atoms with Crippen molar-refractivity contribution in [1.29, 1.82) is 0 Å². The lowest BCUT2D eigenvalue weighted by Gasteiger charge is -2.34. The standard InChI is InChI=1S/C28H34N2O4S/c1-5-34-27(33)18-8-6-17(7-9-18)23(12-13-31)29-25(32)24-16-20-14-19-15-21(28(2,3)4)10-11-22(19)30-26(20)35-24/h6-9,14,16,21,23,31H,5,10-13,15H2,1-4H3,(H,29,32)/t21?,23-/m1/s1. The lowest BCUT2D eigenvalue weighted by Crippen LogP contribution is -2.28. The van der Waals surface area contributed by atoms with Crippen LogP contribution in [0.3, 0.4) is 0 Å². The first kappa shape index (κ1) is 25.3. The average Bonchev–Trinajstić information content (AvgIpc) is 3.24. The lowest BCUT2D eigenvalue weighted by atomic mass is 9.71. The van der Waals surface area contributed by atoms with Gasteiger partial charge < -0.3 is 15.2 Å². The number of hydrogen-bond donors (Lipinski definition) is 2. The second kappa shape index (κ2) is 10.5. The first-order chi connectivity index (χ1) is 16.7. The Bertz CT molecular complexity index is 1210. The summed E-state index contributed by atoms with van der Waals surface area (Å²) < 4.78 is 5.03. The van der Waals surface area contributed by atoms with E-state index in [2.05, 4.69) is 32.2 Å². The molecule has 2 atom stereocenters. The van der Waals surface area contributed by atoms with Gasteiger partial charge in [0, 0.05) is 17.7 Å². The number of carbonyl (C=O) groups excluding carboxylic acids is 2. The predicted molar refractivity (Wildman–Crippen MR) is 139 cm³/mol. The highest BCUT2D eigenvalue weighted by Crippen LogP contribution is 2.38. The van der Waals surface area contributed by atoms with Gasteiger partial charge in [-0.1, -0.05) is 32.9 Å². The number of thiophene rings is 1. The fourth-order valence-electron chi connectivity index (χ4n) is 4.72. The third-order valence-electron chi connectivity index (χ3n) is 6.87. The van der Waals surface area contributed by atoms with E-state index in [1.807, 2.05) is 6.07 Å². The highest BCUT2D eigenvalue weighted by Gasteiger charge is 2.30. The quantitative estimate of drug-likeness (QED) is 0.425. The number of nitrogens with zero attached hydrogens (tertiary/aromatic N) is 1. The third kappa shape index (κ3) is 5.73. The molecular formula is C28H34N2O4S. The summed E-state index contributed by atoms with van der Waals surface area (Å²) >= 11 is 1.40. The maximum Gasteiger partial charge on any atom is 0.338 e. The number of aliphatic hydroxyl groups is 1. The van der Waals surface area contributed by atoms with Crippen LogP contribution in [0.25, 0.3) is 10.2 Å². The molecule has 1 aliphatic carbocycles. The molecule has 2 N–H and O–H groups in total. The summed E-state index contributed by atoms with van der Waals surface area (Å²) in [5, 5.41) is 13.6. The molecule has 2 aromatic heterocycles. The second-order valence-corrected chi connectivity index (χ2v) is 11.3. The Morgan fingerprint density at radius 2 is 1.97 bits per heavy atom. The van der Waals surface area contributed by atoms with Gasteiger partial charge in [0.25, 0.3) is 5.91 Å². The summed E-state index contributed by atoms with van der Waals surface area (Å²) in [6, 6.07) is 10.7. The number of pyridine rings is 1. The number of carbonyl (C=O) groups is 2. The zero-order valence-corrected chi connectivity index (χ0v) is 21.7. The number of aliphatic hydroxyl groups excluding tert-OH is 1.